The third-order valence-corrected chi connectivity index (χ3v) is 6.87. The molecule has 0 aliphatic heterocycles. The molecule has 0 saturated heterocycles. The summed E-state index contributed by atoms with van der Waals surface area (Å²) in [7, 11) is 4.01. The summed E-state index contributed by atoms with van der Waals surface area (Å²) in [6.45, 7) is 5.49. The average molecular weight is 411 g/mol. The van der Waals surface area contributed by atoms with E-state index in [4.69, 9.17) is 4.98 Å². The van der Waals surface area contributed by atoms with Crippen molar-refractivity contribution in [2.75, 3.05) is 32.1 Å². The van der Waals surface area contributed by atoms with Crippen molar-refractivity contribution >= 4 is 54.1 Å². The van der Waals surface area contributed by atoms with Crippen LogP contribution in [-0.2, 0) is 0 Å². The molecule has 0 saturated carbocycles. The Hall–Kier alpha value is -2.35. The highest BCUT2D eigenvalue weighted by atomic mass is 32.1. The van der Waals surface area contributed by atoms with Gasteiger partial charge in [-0.2, -0.15) is 0 Å². The first-order valence-corrected chi connectivity index (χ1v) is 10.8. The topological polar surface area (TPSA) is 49.3 Å². The van der Waals surface area contributed by atoms with Gasteiger partial charge in [-0.15, -0.1) is 11.3 Å². The number of aromatic nitrogens is 2. The zero-order valence-electron chi connectivity index (χ0n) is 16.4. The van der Waals surface area contributed by atoms with Crippen LogP contribution in [0.25, 0.3) is 20.4 Å². The van der Waals surface area contributed by atoms with Crippen molar-refractivity contribution in [1.29, 1.82) is 0 Å². The van der Waals surface area contributed by atoms with Crippen molar-refractivity contribution in [2.45, 2.75) is 13.8 Å². The maximum atomic E-state index is 13.4. The summed E-state index contributed by atoms with van der Waals surface area (Å²) < 4.78 is 2.12. The summed E-state index contributed by atoms with van der Waals surface area (Å²) in [5, 5.41) is 1.24. The number of rotatable bonds is 5. The maximum absolute atomic E-state index is 13.4. The fourth-order valence-electron chi connectivity index (χ4n) is 2.99. The number of aryl methyl sites for hydroxylation is 2. The van der Waals surface area contributed by atoms with Crippen LogP contribution in [-0.4, -0.2) is 48.0 Å². The van der Waals surface area contributed by atoms with Gasteiger partial charge in [0.1, 0.15) is 0 Å². The SMILES string of the molecule is Cc1ccc2sc(N(CCN(C)C)C(=O)c3nc4ccccc4s3)nc2c1C. The monoisotopic (exact) mass is 410 g/mol. The lowest BCUT2D eigenvalue weighted by Gasteiger charge is -2.20. The Labute approximate surface area is 172 Å². The van der Waals surface area contributed by atoms with Gasteiger partial charge in [-0.25, -0.2) is 9.97 Å². The number of carbonyl (C=O) groups excluding carboxylic acids is 1. The first-order chi connectivity index (χ1) is 13.4. The maximum Gasteiger partial charge on any atom is 0.289 e. The predicted molar refractivity (Wildman–Crippen MR) is 119 cm³/mol. The Morgan fingerprint density at radius 3 is 2.50 bits per heavy atom. The van der Waals surface area contributed by atoms with Crippen molar-refractivity contribution in [3.05, 3.63) is 52.5 Å². The molecule has 5 nitrogen and oxygen atoms in total. The number of fused-ring (bicyclic) bond motifs is 2. The lowest BCUT2D eigenvalue weighted by atomic mass is 10.1. The minimum atomic E-state index is -0.0866. The van der Waals surface area contributed by atoms with Gasteiger partial charge in [-0.3, -0.25) is 9.69 Å². The number of thiazole rings is 2. The number of nitrogens with zero attached hydrogens (tertiary/aromatic N) is 4. The van der Waals surface area contributed by atoms with E-state index in [-0.39, 0.29) is 5.91 Å². The molecule has 0 unspecified atom stereocenters. The molecule has 7 heteroatoms. The van der Waals surface area contributed by atoms with Gasteiger partial charge in [0.05, 0.1) is 20.4 Å². The van der Waals surface area contributed by atoms with Crippen LogP contribution >= 0.6 is 22.7 Å². The number of para-hydroxylation sites is 1. The molecule has 0 spiro atoms. The summed E-state index contributed by atoms with van der Waals surface area (Å²) in [4.78, 5) is 26.6. The van der Waals surface area contributed by atoms with E-state index in [0.29, 0.717) is 11.6 Å². The predicted octanol–water partition coefficient (Wildman–Crippen LogP) is 4.73. The van der Waals surface area contributed by atoms with Crippen LogP contribution in [0.2, 0.25) is 0 Å². The lowest BCUT2D eigenvalue weighted by Crippen LogP contribution is -2.36. The summed E-state index contributed by atoms with van der Waals surface area (Å²) in [6, 6.07) is 12.1. The van der Waals surface area contributed by atoms with Gasteiger partial charge in [0.2, 0.25) is 0 Å². The largest absolute Gasteiger partial charge is 0.308 e. The summed E-state index contributed by atoms with van der Waals surface area (Å²) in [5.74, 6) is -0.0866. The van der Waals surface area contributed by atoms with Crippen molar-refractivity contribution in [3.8, 4) is 0 Å². The van der Waals surface area contributed by atoms with Gasteiger partial charge in [0.15, 0.2) is 10.1 Å². The Morgan fingerprint density at radius 2 is 1.75 bits per heavy atom. The zero-order chi connectivity index (χ0) is 19.8. The van der Waals surface area contributed by atoms with Crippen LogP contribution < -0.4 is 4.90 Å². The molecule has 28 heavy (non-hydrogen) atoms. The fraction of sp³-hybridized carbons (Fsp3) is 0.286. The van der Waals surface area contributed by atoms with Gasteiger partial charge in [0, 0.05) is 13.1 Å². The van der Waals surface area contributed by atoms with Crippen LogP contribution in [0.15, 0.2) is 36.4 Å². The quantitative estimate of drug-likeness (QED) is 0.477. The van der Waals surface area contributed by atoms with E-state index in [1.807, 2.05) is 38.4 Å². The molecule has 2 aromatic carbocycles. The summed E-state index contributed by atoms with van der Waals surface area (Å²) in [6.07, 6.45) is 0. The van der Waals surface area contributed by atoms with Gasteiger partial charge in [-0.1, -0.05) is 29.5 Å². The normalized spacial score (nSPS) is 11.6. The molecule has 144 valence electrons. The number of likely N-dealkylation sites (N-methyl/N-ethyl adjacent to an activating group) is 1. The van der Waals surface area contributed by atoms with E-state index in [9.17, 15) is 4.79 Å². The van der Waals surface area contributed by atoms with Crippen LogP contribution in [0.5, 0.6) is 0 Å². The molecular formula is C21H22N4OS2. The minimum Gasteiger partial charge on any atom is -0.308 e. The van der Waals surface area contributed by atoms with Crippen molar-refractivity contribution < 1.29 is 4.79 Å². The molecule has 2 heterocycles. The highest BCUT2D eigenvalue weighted by molar-refractivity contribution is 7.23. The molecule has 0 fully saturated rings. The summed E-state index contributed by atoms with van der Waals surface area (Å²) in [5.41, 5.74) is 4.22. The van der Waals surface area contributed by atoms with E-state index in [1.54, 1.807) is 16.2 Å². The van der Waals surface area contributed by atoms with Crippen LogP contribution in [0.3, 0.4) is 0 Å². The van der Waals surface area contributed by atoms with E-state index < -0.39 is 0 Å². The van der Waals surface area contributed by atoms with Gasteiger partial charge < -0.3 is 4.90 Å². The van der Waals surface area contributed by atoms with Gasteiger partial charge >= 0.3 is 0 Å². The molecule has 4 aromatic rings. The van der Waals surface area contributed by atoms with Crippen molar-refractivity contribution in [3.63, 3.8) is 0 Å². The van der Waals surface area contributed by atoms with E-state index >= 15 is 0 Å². The molecule has 4 rings (SSSR count). The Bertz CT molecular complexity index is 1130. The number of anilines is 1. The first kappa shape index (κ1) is 19.0. The van der Waals surface area contributed by atoms with Crippen LogP contribution in [0.4, 0.5) is 5.13 Å². The second kappa shape index (κ2) is 7.58. The fourth-order valence-corrected chi connectivity index (χ4v) is 4.96. The van der Waals surface area contributed by atoms with E-state index in [2.05, 4.69) is 35.9 Å². The van der Waals surface area contributed by atoms with Gasteiger partial charge in [0.25, 0.3) is 5.91 Å². The van der Waals surface area contributed by atoms with E-state index in [1.165, 1.54) is 22.5 Å². The molecule has 0 aliphatic rings. The third-order valence-electron chi connectivity index (χ3n) is 4.80. The molecule has 1 amide bonds. The second-order valence-corrected chi connectivity index (χ2v) is 9.14. The average Bonchev–Trinajstić information content (AvgIpc) is 3.29. The van der Waals surface area contributed by atoms with Crippen LogP contribution in [0, 0.1) is 13.8 Å². The Morgan fingerprint density at radius 1 is 0.964 bits per heavy atom. The lowest BCUT2D eigenvalue weighted by molar-refractivity contribution is 0.0985. The first-order valence-electron chi connectivity index (χ1n) is 9.13. The Balaban J connectivity index is 1.76. The number of carbonyl (C=O) groups is 1. The molecule has 0 atom stereocenters. The number of hydrogen-bond donors (Lipinski definition) is 0. The molecular weight excluding hydrogens is 388 g/mol. The standard InChI is InChI=1S/C21H22N4OS2/c1-13-9-10-17-18(14(13)2)23-21(28-17)25(12-11-24(3)4)20(26)19-22-15-7-5-6-8-16(15)27-19/h5-10H,11-12H2,1-4H3. The molecule has 0 radical (unpaired) electrons. The number of hydrogen-bond acceptors (Lipinski definition) is 6. The van der Waals surface area contributed by atoms with Crippen molar-refractivity contribution in [1.82, 2.24) is 14.9 Å². The Kier molecular flexibility index (Phi) is 5.14. The number of benzene rings is 2. The highest BCUT2D eigenvalue weighted by Crippen LogP contribution is 2.33. The number of amides is 1. The van der Waals surface area contributed by atoms with Crippen molar-refractivity contribution in [2.24, 2.45) is 0 Å². The second-order valence-electron chi connectivity index (χ2n) is 7.10. The zero-order valence-corrected chi connectivity index (χ0v) is 18.0. The summed E-state index contributed by atoms with van der Waals surface area (Å²) >= 11 is 3.00. The van der Waals surface area contributed by atoms with Gasteiger partial charge in [-0.05, 0) is 57.3 Å². The molecule has 2 aromatic heterocycles. The molecule has 0 N–H and O–H groups in total. The minimum absolute atomic E-state index is 0.0866. The third kappa shape index (κ3) is 3.53. The molecule has 0 bridgehead atoms. The van der Waals surface area contributed by atoms with Crippen LogP contribution in [0.1, 0.15) is 20.9 Å². The van der Waals surface area contributed by atoms with E-state index in [0.717, 1.165) is 32.1 Å². The molecule has 0 aliphatic carbocycles. The highest BCUT2D eigenvalue weighted by Gasteiger charge is 2.24. The smallest absolute Gasteiger partial charge is 0.289 e.